The normalized spacial score (nSPS) is 9.92. The van der Waals surface area contributed by atoms with Crippen molar-refractivity contribution in [3.05, 3.63) is 24.3 Å². The molecule has 70 valence electrons. The van der Waals surface area contributed by atoms with Crippen molar-refractivity contribution in [3.8, 4) is 0 Å². The molecule has 0 bridgehead atoms. The summed E-state index contributed by atoms with van der Waals surface area (Å²) >= 11 is 0. The molecule has 1 rings (SSSR count). The molecule has 4 heteroatoms. The fourth-order valence-electron chi connectivity index (χ4n) is 0.983. The van der Waals surface area contributed by atoms with Gasteiger partial charge in [0.15, 0.2) is 0 Å². The monoisotopic (exact) mass is 194 g/mol. The molecule has 0 aliphatic rings. The van der Waals surface area contributed by atoms with Crippen molar-refractivity contribution in [1.82, 2.24) is 0 Å². The minimum Gasteiger partial charge on any atom is -0.870 e. The molecule has 0 unspecified atom stereocenters. The topological polar surface area (TPSA) is 60.0 Å². The molecule has 0 amide bonds. The second-order valence-electron chi connectivity index (χ2n) is 3.87. The number of hydrogen-bond donors (Lipinski definition) is 0. The summed E-state index contributed by atoms with van der Waals surface area (Å²) in [7, 11) is 4.47. The predicted octanol–water partition coefficient (Wildman–Crippen LogP) is 0.672. The van der Waals surface area contributed by atoms with Gasteiger partial charge in [0.2, 0.25) is 0 Å². The summed E-state index contributed by atoms with van der Waals surface area (Å²) in [6.07, 6.45) is 0. The first-order valence-corrected chi connectivity index (χ1v) is 7.36. The van der Waals surface area contributed by atoms with Crippen LogP contribution in [0, 0.1) is 0 Å². The van der Waals surface area contributed by atoms with Gasteiger partial charge in [0, 0.05) is 0 Å². The Kier molecular flexibility index (Phi) is 5.99. The summed E-state index contributed by atoms with van der Waals surface area (Å²) in [5.41, 5.74) is 0.854. The zero-order valence-electron chi connectivity index (χ0n) is 8.28. The first-order chi connectivity index (χ1) is 5.00. The maximum absolute atomic E-state index is 5.59. The summed E-state index contributed by atoms with van der Waals surface area (Å²) in [4.78, 5) is 0. The molecular weight excluding hydrogens is 179 g/mol. The van der Waals surface area contributed by atoms with Gasteiger partial charge in [-0.25, -0.2) is 0 Å². The van der Waals surface area contributed by atoms with Crippen LogP contribution in [0.5, 0.6) is 0 Å². The van der Waals surface area contributed by atoms with E-state index in [1.54, 1.807) is 0 Å². The van der Waals surface area contributed by atoms with Gasteiger partial charge in [-0.1, -0.05) is 0 Å². The van der Waals surface area contributed by atoms with E-state index in [0.717, 1.165) is 5.46 Å². The fraction of sp³-hybridized carbons (Fsp3) is 0.333. The molecule has 0 heterocycles. The predicted molar refractivity (Wildman–Crippen MR) is 58.7 cm³/mol. The van der Waals surface area contributed by atoms with Gasteiger partial charge in [0.1, 0.15) is 0 Å². The molecule has 0 aliphatic carbocycles. The maximum atomic E-state index is 5.59. The van der Waals surface area contributed by atoms with Crippen LogP contribution in [0.1, 0.15) is 0 Å². The third-order valence-corrected chi connectivity index (χ3v) is 3.84. The average Bonchev–Trinajstić information content (AvgIpc) is 1.86. The molecule has 1 aromatic rings. The third-order valence-electron chi connectivity index (χ3n) is 1.78. The van der Waals surface area contributed by atoms with Gasteiger partial charge in [0.25, 0.3) is 0 Å². The quantitative estimate of drug-likeness (QED) is 0.617. The molecule has 2 nitrogen and oxygen atoms in total. The largest absolute Gasteiger partial charge is 0.870 e. The summed E-state index contributed by atoms with van der Waals surface area (Å²) < 4.78 is 0. The molecule has 0 fully saturated rings. The Bertz CT molecular complexity index is 241. The molecule has 1 aromatic carbocycles. The van der Waals surface area contributed by atoms with E-state index < -0.39 is 8.07 Å². The van der Waals surface area contributed by atoms with E-state index >= 15 is 0 Å². The van der Waals surface area contributed by atoms with E-state index in [0.29, 0.717) is 0 Å². The Balaban J connectivity index is 0. The van der Waals surface area contributed by atoms with Crippen molar-refractivity contribution in [2.24, 2.45) is 0 Å². The fourth-order valence-corrected chi connectivity index (χ4v) is 2.15. The minimum absolute atomic E-state index is 0. The van der Waals surface area contributed by atoms with E-state index in [1.807, 2.05) is 12.1 Å². The molecule has 0 spiro atoms. The molecular formula is C9H15BO2Si. The molecule has 0 saturated carbocycles. The Labute approximate surface area is 82.0 Å². The first kappa shape index (κ1) is 14.9. The Morgan fingerprint density at radius 3 is 1.62 bits per heavy atom. The molecule has 0 saturated heterocycles. The van der Waals surface area contributed by atoms with Gasteiger partial charge in [-0.2, -0.15) is 0 Å². The van der Waals surface area contributed by atoms with E-state index in [1.165, 1.54) is 5.19 Å². The Hall–Kier alpha value is -0.578. The van der Waals surface area contributed by atoms with E-state index in [2.05, 4.69) is 31.8 Å². The van der Waals surface area contributed by atoms with Crippen molar-refractivity contribution in [1.29, 1.82) is 0 Å². The molecule has 2 N–H and O–H groups in total. The van der Waals surface area contributed by atoms with Crippen LogP contribution in [0.3, 0.4) is 0 Å². The van der Waals surface area contributed by atoms with E-state index in [-0.39, 0.29) is 11.0 Å². The van der Waals surface area contributed by atoms with Crippen molar-refractivity contribution in [2.45, 2.75) is 19.6 Å². The Morgan fingerprint density at radius 2 is 1.31 bits per heavy atom. The van der Waals surface area contributed by atoms with Crippen LogP contribution in [0.15, 0.2) is 24.3 Å². The number of hydrogen-bond acceptors (Lipinski definition) is 2. The van der Waals surface area contributed by atoms with Gasteiger partial charge in [-0.05, 0) is 0 Å². The number of rotatable bonds is 1. The van der Waals surface area contributed by atoms with Crippen LogP contribution in [0.2, 0.25) is 19.6 Å². The Morgan fingerprint density at radius 1 is 0.923 bits per heavy atom. The number of benzene rings is 1. The van der Waals surface area contributed by atoms with Crippen LogP contribution in [0.25, 0.3) is 0 Å². The van der Waals surface area contributed by atoms with Crippen molar-refractivity contribution < 1.29 is 11.0 Å². The van der Waals surface area contributed by atoms with Crippen molar-refractivity contribution in [3.63, 3.8) is 0 Å². The summed E-state index contributed by atoms with van der Waals surface area (Å²) in [5.74, 6) is 0. The average molecular weight is 194 g/mol. The third kappa shape index (κ3) is 4.26. The van der Waals surface area contributed by atoms with E-state index in [4.69, 9.17) is 7.85 Å². The SMILES string of the molecule is [B+2]c1ccc([Si](C)(C)C)cc1.[OH-].[OH-]. The van der Waals surface area contributed by atoms with E-state index in [9.17, 15) is 0 Å². The minimum atomic E-state index is -1.11. The second kappa shape index (κ2) is 5.22. The van der Waals surface area contributed by atoms with Crippen LogP contribution < -0.4 is 10.6 Å². The molecule has 0 aliphatic heterocycles. The van der Waals surface area contributed by atoms with Crippen LogP contribution in [0.4, 0.5) is 0 Å². The van der Waals surface area contributed by atoms with Gasteiger partial charge in [0.05, 0.1) is 0 Å². The maximum Gasteiger partial charge on any atom is -0.870 e. The van der Waals surface area contributed by atoms with Crippen LogP contribution in [-0.4, -0.2) is 26.9 Å². The van der Waals surface area contributed by atoms with Gasteiger partial charge in [-0.15, -0.1) is 0 Å². The van der Waals surface area contributed by atoms with Crippen LogP contribution in [-0.2, 0) is 0 Å². The first-order valence-electron chi connectivity index (χ1n) is 3.86. The summed E-state index contributed by atoms with van der Waals surface area (Å²) in [6.45, 7) is 7.00. The smallest absolute Gasteiger partial charge is 0.870 e. The van der Waals surface area contributed by atoms with Crippen molar-refractivity contribution in [2.75, 3.05) is 0 Å². The summed E-state index contributed by atoms with van der Waals surface area (Å²) in [6, 6.07) is 8.24. The molecule has 0 aromatic heterocycles. The zero-order valence-corrected chi connectivity index (χ0v) is 9.28. The second-order valence-corrected chi connectivity index (χ2v) is 8.95. The molecule has 0 radical (unpaired) electrons. The van der Waals surface area contributed by atoms with Gasteiger partial charge < -0.3 is 11.0 Å². The summed E-state index contributed by atoms with van der Waals surface area (Å²) in [5, 5.41) is 1.46. The zero-order chi connectivity index (χ0) is 8.48. The van der Waals surface area contributed by atoms with Crippen LogP contribution >= 0.6 is 0 Å². The van der Waals surface area contributed by atoms with Gasteiger partial charge >= 0.3 is 70.5 Å². The van der Waals surface area contributed by atoms with Crippen molar-refractivity contribution >= 4 is 26.6 Å². The standard InChI is InChI=1S/C9H13BSi.2H2O/c1-11(2,3)9-6-4-8(10)5-7-9;;/h4-7H,1-3H3;2*1H2/q+2;;/p-2. The van der Waals surface area contributed by atoms with Gasteiger partial charge in [-0.3, -0.25) is 0 Å². The molecule has 0 atom stereocenters. The molecule has 13 heavy (non-hydrogen) atoms.